The zero-order valence-corrected chi connectivity index (χ0v) is 6.49. The van der Waals surface area contributed by atoms with Gasteiger partial charge in [0.2, 0.25) is 5.91 Å². The van der Waals surface area contributed by atoms with Crippen LogP contribution in [0.4, 0.5) is 0 Å². The molecule has 0 radical (unpaired) electrons. The summed E-state index contributed by atoms with van der Waals surface area (Å²) in [6.07, 6.45) is 0. The van der Waals surface area contributed by atoms with Gasteiger partial charge in [-0.1, -0.05) is 18.2 Å². The maximum absolute atomic E-state index is 10.4. The van der Waals surface area contributed by atoms with Crippen molar-refractivity contribution in [2.24, 2.45) is 5.73 Å². The van der Waals surface area contributed by atoms with E-state index in [1.165, 1.54) is 5.94 Å². The van der Waals surface area contributed by atoms with E-state index >= 15 is 0 Å². The normalized spacial score (nSPS) is 7.33. The molecular weight excluding hydrogens is 154 g/mol. The Kier molecular flexibility index (Phi) is 4.98. The van der Waals surface area contributed by atoms with Crippen molar-refractivity contribution in [1.29, 1.82) is 0 Å². The highest BCUT2D eigenvalue weighted by molar-refractivity contribution is 5.92. The van der Waals surface area contributed by atoms with Gasteiger partial charge in [0, 0.05) is 5.56 Å². The highest BCUT2D eigenvalue weighted by Gasteiger charge is 1.93. The molecule has 62 valence electrons. The molecule has 0 saturated carbocycles. The summed E-state index contributed by atoms with van der Waals surface area (Å²) in [7, 11) is 0. The van der Waals surface area contributed by atoms with Crippen molar-refractivity contribution < 1.29 is 9.59 Å². The van der Waals surface area contributed by atoms with Crippen molar-refractivity contribution in [2.75, 3.05) is 0 Å². The molecule has 1 rings (SSSR count). The van der Waals surface area contributed by atoms with Gasteiger partial charge in [0.15, 0.2) is 0 Å². The number of carbonyl (C=O) groups is 1. The number of primary amides is 1. The lowest BCUT2D eigenvalue weighted by Gasteiger charge is -1.89. The minimum absolute atomic E-state index is 0.379. The monoisotopic (exact) mass is 163 g/mol. The lowest BCUT2D eigenvalue weighted by atomic mass is 10.2. The summed E-state index contributed by atoms with van der Waals surface area (Å²) in [5, 5.41) is 0. The Morgan fingerprint density at radius 2 is 1.75 bits per heavy atom. The molecule has 3 nitrogen and oxygen atoms in total. The van der Waals surface area contributed by atoms with Crippen LogP contribution in [0.3, 0.4) is 0 Å². The van der Waals surface area contributed by atoms with Gasteiger partial charge in [-0.2, -0.15) is 0 Å². The Morgan fingerprint density at radius 1 is 1.33 bits per heavy atom. The predicted molar refractivity (Wildman–Crippen MR) is 46.3 cm³/mol. The molecule has 0 spiro atoms. The predicted octanol–water partition coefficient (Wildman–Crippen LogP) is 0.789. The molecule has 0 aliphatic carbocycles. The van der Waals surface area contributed by atoms with E-state index < -0.39 is 0 Å². The molecule has 0 atom stereocenters. The maximum Gasteiger partial charge on any atom is 0.248 e. The summed E-state index contributed by atoms with van der Waals surface area (Å²) in [5.41, 5.74) is 5.53. The first-order valence-corrected chi connectivity index (χ1v) is 3.21. The van der Waals surface area contributed by atoms with Gasteiger partial charge in [0.25, 0.3) is 0 Å². The average molecular weight is 163 g/mol. The quantitative estimate of drug-likeness (QED) is 0.622. The molecule has 0 heterocycles. The summed E-state index contributed by atoms with van der Waals surface area (Å²) in [6, 6.07) is 8.76. The molecule has 0 unspecified atom stereocenters. The van der Waals surface area contributed by atoms with Crippen LogP contribution in [0.25, 0.3) is 0 Å². The third-order valence-electron chi connectivity index (χ3n) is 1.06. The van der Waals surface area contributed by atoms with Crippen LogP contribution in [0.15, 0.2) is 36.9 Å². The van der Waals surface area contributed by atoms with E-state index in [2.05, 4.69) is 6.58 Å². The molecular formula is C9H9NO2. The maximum atomic E-state index is 10.4. The minimum atomic E-state index is -0.379. The van der Waals surface area contributed by atoms with Gasteiger partial charge < -0.3 is 5.73 Å². The molecule has 12 heavy (non-hydrogen) atoms. The number of hydrogen-bond donors (Lipinski definition) is 1. The lowest BCUT2D eigenvalue weighted by molar-refractivity contribution is 0.100. The van der Waals surface area contributed by atoms with Gasteiger partial charge in [-0.15, -0.1) is 0 Å². The van der Waals surface area contributed by atoms with E-state index in [9.17, 15) is 4.79 Å². The van der Waals surface area contributed by atoms with Crippen LogP contribution >= 0.6 is 0 Å². The number of benzene rings is 1. The SMILES string of the molecule is C=C=O.NC(=O)c1ccccc1. The fourth-order valence-corrected chi connectivity index (χ4v) is 0.602. The van der Waals surface area contributed by atoms with Gasteiger partial charge in [-0.25, -0.2) is 4.79 Å². The fourth-order valence-electron chi connectivity index (χ4n) is 0.602. The van der Waals surface area contributed by atoms with E-state index in [0.717, 1.165) is 0 Å². The first-order valence-electron chi connectivity index (χ1n) is 3.21. The Bertz CT molecular complexity index is 274. The smallest absolute Gasteiger partial charge is 0.248 e. The van der Waals surface area contributed by atoms with Crippen LogP contribution in [0, 0.1) is 0 Å². The van der Waals surface area contributed by atoms with Crippen molar-refractivity contribution >= 4 is 11.8 Å². The molecule has 0 bridgehead atoms. The van der Waals surface area contributed by atoms with Crippen LogP contribution in [0.5, 0.6) is 0 Å². The molecule has 1 aromatic carbocycles. The second-order valence-corrected chi connectivity index (χ2v) is 1.87. The summed E-state index contributed by atoms with van der Waals surface area (Å²) in [6.45, 7) is 2.68. The van der Waals surface area contributed by atoms with Crippen molar-refractivity contribution in [1.82, 2.24) is 0 Å². The zero-order chi connectivity index (χ0) is 9.40. The summed E-state index contributed by atoms with van der Waals surface area (Å²) in [4.78, 5) is 19.0. The van der Waals surface area contributed by atoms with Gasteiger partial charge >= 0.3 is 0 Å². The number of nitrogens with two attached hydrogens (primary N) is 1. The topological polar surface area (TPSA) is 60.2 Å². The number of rotatable bonds is 1. The highest BCUT2D eigenvalue weighted by Crippen LogP contribution is 1.94. The first-order chi connectivity index (χ1) is 5.72. The van der Waals surface area contributed by atoms with E-state index in [1.54, 1.807) is 24.3 Å². The Balaban J connectivity index is 0.000000354. The van der Waals surface area contributed by atoms with Crippen LogP contribution in [-0.4, -0.2) is 11.8 Å². The van der Waals surface area contributed by atoms with Gasteiger partial charge in [-0.3, -0.25) is 4.79 Å². The van der Waals surface area contributed by atoms with E-state index in [1.807, 2.05) is 6.07 Å². The van der Waals surface area contributed by atoms with Gasteiger partial charge in [0.1, 0.15) is 5.94 Å². The van der Waals surface area contributed by atoms with E-state index in [0.29, 0.717) is 5.56 Å². The summed E-state index contributed by atoms with van der Waals surface area (Å²) < 4.78 is 0. The number of carbonyl (C=O) groups excluding carboxylic acids is 2. The van der Waals surface area contributed by atoms with Gasteiger partial charge in [-0.05, 0) is 18.7 Å². The second kappa shape index (κ2) is 5.89. The first kappa shape index (κ1) is 10.1. The van der Waals surface area contributed by atoms with Crippen molar-refractivity contribution in [2.45, 2.75) is 0 Å². The fraction of sp³-hybridized carbons (Fsp3) is 0. The number of amides is 1. The van der Waals surface area contributed by atoms with Crippen LogP contribution in [-0.2, 0) is 4.79 Å². The minimum Gasteiger partial charge on any atom is -0.366 e. The van der Waals surface area contributed by atoms with Crippen molar-refractivity contribution in [3.63, 3.8) is 0 Å². The van der Waals surface area contributed by atoms with Gasteiger partial charge in [0.05, 0.1) is 0 Å². The molecule has 1 aromatic rings. The molecule has 0 saturated heterocycles. The Labute approximate surface area is 70.5 Å². The highest BCUT2D eigenvalue weighted by atomic mass is 16.1. The molecule has 0 aromatic heterocycles. The molecule has 1 amide bonds. The second-order valence-electron chi connectivity index (χ2n) is 1.87. The third-order valence-corrected chi connectivity index (χ3v) is 1.06. The largest absolute Gasteiger partial charge is 0.366 e. The molecule has 0 aliphatic rings. The molecule has 0 aliphatic heterocycles. The van der Waals surface area contributed by atoms with Crippen molar-refractivity contribution in [3.8, 4) is 0 Å². The average Bonchev–Trinajstić information content (AvgIpc) is 2.07. The van der Waals surface area contributed by atoms with E-state index in [-0.39, 0.29) is 5.91 Å². The molecule has 3 heteroatoms. The van der Waals surface area contributed by atoms with Crippen LogP contribution < -0.4 is 5.73 Å². The van der Waals surface area contributed by atoms with Crippen molar-refractivity contribution in [3.05, 3.63) is 42.5 Å². The van der Waals surface area contributed by atoms with Crippen LogP contribution in [0.1, 0.15) is 10.4 Å². The van der Waals surface area contributed by atoms with Crippen LogP contribution in [0.2, 0.25) is 0 Å². The zero-order valence-electron chi connectivity index (χ0n) is 6.49. The lowest BCUT2D eigenvalue weighted by Crippen LogP contribution is -2.09. The Morgan fingerprint density at radius 3 is 2.00 bits per heavy atom. The number of hydrogen-bond acceptors (Lipinski definition) is 2. The molecule has 0 fully saturated rings. The Hall–Kier alpha value is -1.86. The standard InChI is InChI=1S/C7H7NO.C2H2O/c8-7(9)6-4-2-1-3-5-6;1-2-3/h1-5H,(H2,8,9);1H2. The third kappa shape index (κ3) is 4.04. The van der Waals surface area contributed by atoms with E-state index in [4.69, 9.17) is 10.5 Å². The molecule has 2 N–H and O–H groups in total. The summed E-state index contributed by atoms with van der Waals surface area (Å²) in [5.74, 6) is 0.871. The summed E-state index contributed by atoms with van der Waals surface area (Å²) >= 11 is 0.